The molecule has 0 aliphatic carbocycles. The molecule has 1 heterocycles. The minimum Gasteiger partial charge on any atom is -0.389 e. The van der Waals surface area contributed by atoms with Gasteiger partial charge in [0.1, 0.15) is 0 Å². The van der Waals surface area contributed by atoms with E-state index in [1.54, 1.807) is 19.2 Å². The Kier molecular flexibility index (Phi) is 2.25. The molecule has 0 saturated carbocycles. The Morgan fingerprint density at radius 3 is 2.70 bits per heavy atom. The summed E-state index contributed by atoms with van der Waals surface area (Å²) in [5, 5.41) is 9.60. The summed E-state index contributed by atoms with van der Waals surface area (Å²) in [7, 11) is 0. The van der Waals surface area contributed by atoms with Crippen LogP contribution in [-0.4, -0.2) is 10.1 Å². The van der Waals surface area contributed by atoms with Crippen LogP contribution in [0.3, 0.4) is 0 Å². The van der Waals surface area contributed by atoms with Crippen molar-refractivity contribution in [2.24, 2.45) is 0 Å². The van der Waals surface area contributed by atoms with Crippen LogP contribution < -0.4 is 0 Å². The van der Waals surface area contributed by atoms with Crippen molar-refractivity contribution in [1.82, 2.24) is 4.98 Å². The minimum atomic E-state index is -0.494. The van der Waals surface area contributed by atoms with Crippen LogP contribution in [0.25, 0.3) is 0 Å². The molecule has 0 aromatic carbocycles. The zero-order chi connectivity index (χ0) is 7.56. The highest BCUT2D eigenvalue weighted by atomic mass is 35.5. The van der Waals surface area contributed by atoms with Gasteiger partial charge in [-0.1, -0.05) is 11.6 Å². The zero-order valence-electron chi connectivity index (χ0n) is 5.58. The highest BCUT2D eigenvalue weighted by molar-refractivity contribution is 6.30. The molecule has 1 atom stereocenters. The van der Waals surface area contributed by atoms with E-state index < -0.39 is 6.10 Å². The minimum absolute atomic E-state index is 0.494. The maximum Gasteiger partial charge on any atom is 0.0777 e. The van der Waals surface area contributed by atoms with Crippen molar-refractivity contribution in [1.29, 1.82) is 0 Å². The molecule has 3 heteroatoms. The fourth-order valence-electron chi connectivity index (χ4n) is 0.657. The average Bonchev–Trinajstić information content (AvgIpc) is 1.88. The number of nitrogens with zero attached hydrogens (tertiary/aromatic N) is 1. The van der Waals surface area contributed by atoms with Crippen LogP contribution in [0.4, 0.5) is 0 Å². The van der Waals surface area contributed by atoms with Crippen molar-refractivity contribution in [3.63, 3.8) is 0 Å². The quantitative estimate of drug-likeness (QED) is 0.674. The summed E-state index contributed by atoms with van der Waals surface area (Å²) in [4.78, 5) is 3.81. The lowest BCUT2D eigenvalue weighted by Crippen LogP contribution is -1.90. The van der Waals surface area contributed by atoms with Crippen molar-refractivity contribution in [3.8, 4) is 0 Å². The number of aliphatic hydroxyl groups excluding tert-OH is 1. The fraction of sp³-hybridized carbons (Fsp3) is 0.286. The molecule has 0 fully saturated rings. The molecular weight excluding hydrogens is 150 g/mol. The van der Waals surface area contributed by atoms with Gasteiger partial charge in [0.2, 0.25) is 0 Å². The van der Waals surface area contributed by atoms with Crippen molar-refractivity contribution in [2.45, 2.75) is 13.0 Å². The SMILES string of the molecule is C[C@H](O)c1cncc(Cl)c1. The third-order valence-corrected chi connectivity index (χ3v) is 1.42. The molecule has 0 amide bonds. The molecule has 1 rings (SSSR count). The lowest BCUT2D eigenvalue weighted by molar-refractivity contribution is 0.199. The molecule has 0 bridgehead atoms. The van der Waals surface area contributed by atoms with Crippen LogP contribution in [0.15, 0.2) is 18.5 Å². The molecule has 0 saturated heterocycles. The van der Waals surface area contributed by atoms with E-state index in [0.29, 0.717) is 5.02 Å². The van der Waals surface area contributed by atoms with E-state index in [0.717, 1.165) is 5.56 Å². The van der Waals surface area contributed by atoms with E-state index in [-0.39, 0.29) is 0 Å². The van der Waals surface area contributed by atoms with Crippen molar-refractivity contribution < 1.29 is 5.11 Å². The summed E-state index contributed by atoms with van der Waals surface area (Å²) < 4.78 is 0. The molecule has 54 valence electrons. The lowest BCUT2D eigenvalue weighted by Gasteiger charge is -2.01. The molecule has 0 radical (unpaired) electrons. The second-order valence-electron chi connectivity index (χ2n) is 2.11. The molecule has 0 aliphatic rings. The van der Waals surface area contributed by atoms with Gasteiger partial charge in [0, 0.05) is 12.4 Å². The lowest BCUT2D eigenvalue weighted by atomic mass is 10.2. The molecule has 2 nitrogen and oxygen atoms in total. The van der Waals surface area contributed by atoms with Crippen molar-refractivity contribution in [3.05, 3.63) is 29.0 Å². The summed E-state index contributed by atoms with van der Waals surface area (Å²) in [6.45, 7) is 1.67. The standard InChI is InChI=1S/C7H8ClNO/c1-5(10)6-2-7(8)4-9-3-6/h2-5,10H,1H3/t5-/m0/s1. The van der Waals surface area contributed by atoms with Gasteiger partial charge in [-0.2, -0.15) is 0 Å². The number of hydrogen-bond donors (Lipinski definition) is 1. The summed E-state index contributed by atoms with van der Waals surface area (Å²) in [5.74, 6) is 0. The Balaban J connectivity index is 2.96. The van der Waals surface area contributed by atoms with Gasteiger partial charge in [-0.3, -0.25) is 4.98 Å². The first-order valence-corrected chi connectivity index (χ1v) is 3.36. The zero-order valence-corrected chi connectivity index (χ0v) is 6.34. The predicted molar refractivity (Wildman–Crippen MR) is 39.9 cm³/mol. The van der Waals surface area contributed by atoms with E-state index in [2.05, 4.69) is 4.98 Å². The number of aliphatic hydroxyl groups is 1. The van der Waals surface area contributed by atoms with Crippen LogP contribution in [0.1, 0.15) is 18.6 Å². The maximum absolute atomic E-state index is 9.05. The first-order chi connectivity index (χ1) is 4.70. The van der Waals surface area contributed by atoms with Crippen molar-refractivity contribution >= 4 is 11.6 Å². The molecule has 1 aromatic rings. The van der Waals surface area contributed by atoms with Gasteiger partial charge in [-0.05, 0) is 18.6 Å². The third-order valence-electron chi connectivity index (χ3n) is 1.21. The van der Waals surface area contributed by atoms with Gasteiger partial charge in [0.05, 0.1) is 11.1 Å². The van der Waals surface area contributed by atoms with Crippen LogP contribution >= 0.6 is 11.6 Å². The van der Waals surface area contributed by atoms with E-state index in [1.165, 1.54) is 6.20 Å². The van der Waals surface area contributed by atoms with Gasteiger partial charge < -0.3 is 5.11 Å². The topological polar surface area (TPSA) is 33.1 Å². The van der Waals surface area contributed by atoms with Gasteiger partial charge in [0.25, 0.3) is 0 Å². The Morgan fingerprint density at radius 2 is 2.30 bits per heavy atom. The summed E-state index contributed by atoms with van der Waals surface area (Å²) in [6.07, 6.45) is 2.63. The molecule has 1 N–H and O–H groups in total. The van der Waals surface area contributed by atoms with Crippen LogP contribution in [0.2, 0.25) is 5.02 Å². The number of halogens is 1. The molecular formula is C7H8ClNO. The predicted octanol–water partition coefficient (Wildman–Crippen LogP) is 1.79. The van der Waals surface area contributed by atoms with Crippen LogP contribution in [0.5, 0.6) is 0 Å². The summed E-state index contributed by atoms with van der Waals surface area (Å²) in [5.41, 5.74) is 0.743. The number of hydrogen-bond acceptors (Lipinski definition) is 2. The Hall–Kier alpha value is -0.600. The van der Waals surface area contributed by atoms with E-state index in [9.17, 15) is 0 Å². The van der Waals surface area contributed by atoms with E-state index in [1.807, 2.05) is 0 Å². The van der Waals surface area contributed by atoms with Gasteiger partial charge in [-0.15, -0.1) is 0 Å². The molecule has 0 aliphatic heterocycles. The second-order valence-corrected chi connectivity index (χ2v) is 2.55. The molecule has 0 unspecified atom stereocenters. The van der Waals surface area contributed by atoms with Gasteiger partial charge >= 0.3 is 0 Å². The number of aromatic nitrogens is 1. The van der Waals surface area contributed by atoms with E-state index >= 15 is 0 Å². The Bertz CT molecular complexity index is 225. The summed E-state index contributed by atoms with van der Waals surface area (Å²) >= 11 is 5.62. The van der Waals surface area contributed by atoms with Crippen LogP contribution in [0, 0.1) is 0 Å². The second kappa shape index (κ2) is 2.99. The van der Waals surface area contributed by atoms with Gasteiger partial charge in [-0.25, -0.2) is 0 Å². The monoisotopic (exact) mass is 157 g/mol. The largest absolute Gasteiger partial charge is 0.389 e. The third kappa shape index (κ3) is 1.69. The Morgan fingerprint density at radius 1 is 1.60 bits per heavy atom. The van der Waals surface area contributed by atoms with Crippen LogP contribution in [-0.2, 0) is 0 Å². The van der Waals surface area contributed by atoms with E-state index in [4.69, 9.17) is 16.7 Å². The fourth-order valence-corrected chi connectivity index (χ4v) is 0.839. The highest BCUT2D eigenvalue weighted by Crippen LogP contribution is 2.14. The number of rotatable bonds is 1. The molecule has 10 heavy (non-hydrogen) atoms. The first kappa shape index (κ1) is 7.51. The van der Waals surface area contributed by atoms with Crippen molar-refractivity contribution in [2.75, 3.05) is 0 Å². The smallest absolute Gasteiger partial charge is 0.0777 e. The number of pyridine rings is 1. The van der Waals surface area contributed by atoms with Gasteiger partial charge in [0.15, 0.2) is 0 Å². The summed E-state index contributed by atoms with van der Waals surface area (Å²) in [6, 6.07) is 1.69. The normalized spacial score (nSPS) is 13.1. The average molecular weight is 158 g/mol. The highest BCUT2D eigenvalue weighted by Gasteiger charge is 1.99. The maximum atomic E-state index is 9.05. The molecule has 1 aromatic heterocycles. The first-order valence-electron chi connectivity index (χ1n) is 2.98. The molecule has 0 spiro atoms. The Labute approximate surface area is 64.5 Å².